The summed E-state index contributed by atoms with van der Waals surface area (Å²) in [6.07, 6.45) is -0.278. The first-order valence-electron chi connectivity index (χ1n) is 11.3. The summed E-state index contributed by atoms with van der Waals surface area (Å²) in [5.41, 5.74) is 1.44. The molecule has 8 heteroatoms. The van der Waals surface area contributed by atoms with Gasteiger partial charge in [-0.25, -0.2) is 13.9 Å². The zero-order valence-electron chi connectivity index (χ0n) is 19.9. The molecule has 0 bridgehead atoms. The van der Waals surface area contributed by atoms with Crippen LogP contribution in [0.2, 0.25) is 0 Å². The lowest BCUT2D eigenvalue weighted by Crippen LogP contribution is -2.50. The van der Waals surface area contributed by atoms with E-state index < -0.39 is 5.60 Å². The van der Waals surface area contributed by atoms with Crippen molar-refractivity contribution in [3.05, 3.63) is 42.2 Å². The van der Waals surface area contributed by atoms with Crippen molar-refractivity contribution < 1.29 is 18.7 Å². The van der Waals surface area contributed by atoms with Crippen LogP contribution in [-0.2, 0) is 11.3 Å². The standard InChI is InChI=1S/C25H31FN4O3/c1-6-30-23(28-12-14-29(15-13-28)24(31)33-25(2,3)4)18-11-10-17(16-20(18)27-30)22-19(26)8-7-9-21(22)32-5/h7-11,16H,6,12-15H2,1-5H3. The second-order valence-corrected chi connectivity index (χ2v) is 9.14. The number of aromatic nitrogens is 2. The SMILES string of the molecule is CCn1nc2cc(-c3c(F)cccc3OC)ccc2c1N1CCN(C(=O)OC(C)(C)C)CC1. The molecule has 0 unspecified atom stereocenters. The first-order valence-corrected chi connectivity index (χ1v) is 11.3. The average Bonchev–Trinajstić information content (AvgIpc) is 3.15. The van der Waals surface area contributed by atoms with Crippen molar-refractivity contribution in [1.29, 1.82) is 0 Å². The quantitative estimate of drug-likeness (QED) is 0.560. The Kier molecular flexibility index (Phi) is 6.19. The second-order valence-electron chi connectivity index (χ2n) is 9.14. The third-order valence-electron chi connectivity index (χ3n) is 5.73. The Hall–Kier alpha value is -3.29. The highest BCUT2D eigenvalue weighted by Crippen LogP contribution is 2.36. The van der Waals surface area contributed by atoms with Gasteiger partial charge >= 0.3 is 6.09 Å². The van der Waals surface area contributed by atoms with E-state index in [0.717, 1.165) is 22.3 Å². The molecule has 0 atom stereocenters. The van der Waals surface area contributed by atoms with Crippen LogP contribution in [0, 0.1) is 5.82 Å². The molecule has 7 nitrogen and oxygen atoms in total. The van der Waals surface area contributed by atoms with Gasteiger partial charge in [-0.1, -0.05) is 12.1 Å². The number of carbonyl (C=O) groups is 1. The van der Waals surface area contributed by atoms with E-state index in [9.17, 15) is 9.18 Å². The number of fused-ring (bicyclic) bond motifs is 1. The van der Waals surface area contributed by atoms with Gasteiger partial charge in [-0.2, -0.15) is 5.10 Å². The fourth-order valence-electron chi connectivity index (χ4n) is 4.21. The smallest absolute Gasteiger partial charge is 0.410 e. The molecule has 0 N–H and O–H groups in total. The summed E-state index contributed by atoms with van der Waals surface area (Å²) in [6, 6.07) is 10.6. The fraction of sp³-hybridized carbons (Fsp3) is 0.440. The van der Waals surface area contributed by atoms with Crippen molar-refractivity contribution in [3.8, 4) is 16.9 Å². The lowest BCUT2D eigenvalue weighted by molar-refractivity contribution is 0.0240. The Morgan fingerprint density at radius 1 is 1.12 bits per heavy atom. The highest BCUT2D eigenvalue weighted by atomic mass is 19.1. The third kappa shape index (κ3) is 4.60. The summed E-state index contributed by atoms with van der Waals surface area (Å²) in [4.78, 5) is 16.4. The van der Waals surface area contributed by atoms with Crippen LogP contribution < -0.4 is 9.64 Å². The second kappa shape index (κ2) is 8.92. The number of ether oxygens (including phenoxy) is 2. The monoisotopic (exact) mass is 454 g/mol. The van der Waals surface area contributed by atoms with Crippen LogP contribution in [0.1, 0.15) is 27.7 Å². The number of benzene rings is 2. The Labute approximate surface area is 193 Å². The lowest BCUT2D eigenvalue weighted by Gasteiger charge is -2.36. The van der Waals surface area contributed by atoms with E-state index in [-0.39, 0.29) is 11.9 Å². The Morgan fingerprint density at radius 2 is 1.85 bits per heavy atom. The number of piperazine rings is 1. The summed E-state index contributed by atoms with van der Waals surface area (Å²) < 4.78 is 27.5. The van der Waals surface area contributed by atoms with E-state index in [2.05, 4.69) is 4.90 Å². The molecule has 176 valence electrons. The number of amides is 1. The summed E-state index contributed by atoms with van der Waals surface area (Å²) in [7, 11) is 1.54. The molecular weight excluding hydrogens is 423 g/mol. The maximum absolute atomic E-state index is 14.6. The highest BCUT2D eigenvalue weighted by Gasteiger charge is 2.28. The third-order valence-corrected chi connectivity index (χ3v) is 5.73. The highest BCUT2D eigenvalue weighted by molar-refractivity contribution is 5.94. The summed E-state index contributed by atoms with van der Waals surface area (Å²) in [5.74, 6) is 1.17. The maximum atomic E-state index is 14.6. The summed E-state index contributed by atoms with van der Waals surface area (Å²) in [5, 5.41) is 5.79. The van der Waals surface area contributed by atoms with Gasteiger partial charge < -0.3 is 19.3 Å². The molecule has 2 aromatic carbocycles. The molecule has 4 rings (SSSR count). The van der Waals surface area contributed by atoms with E-state index in [1.807, 2.05) is 50.6 Å². The first kappa shape index (κ1) is 22.9. The van der Waals surface area contributed by atoms with Crippen molar-refractivity contribution in [2.45, 2.75) is 39.8 Å². The maximum Gasteiger partial charge on any atom is 0.410 e. The van der Waals surface area contributed by atoms with Gasteiger partial charge in [0.15, 0.2) is 0 Å². The van der Waals surface area contributed by atoms with Crippen molar-refractivity contribution >= 4 is 22.8 Å². The first-order chi connectivity index (χ1) is 15.7. The van der Waals surface area contributed by atoms with Crippen molar-refractivity contribution in [2.75, 3.05) is 38.2 Å². The largest absolute Gasteiger partial charge is 0.496 e. The van der Waals surface area contributed by atoms with E-state index in [4.69, 9.17) is 14.6 Å². The molecule has 2 heterocycles. The number of rotatable bonds is 4. The van der Waals surface area contributed by atoms with Gasteiger partial charge in [0.1, 0.15) is 23.0 Å². The van der Waals surface area contributed by atoms with Crippen LogP contribution in [0.4, 0.5) is 15.0 Å². The van der Waals surface area contributed by atoms with Crippen LogP contribution in [0.15, 0.2) is 36.4 Å². The van der Waals surface area contributed by atoms with E-state index in [1.54, 1.807) is 17.0 Å². The minimum Gasteiger partial charge on any atom is -0.496 e. The van der Waals surface area contributed by atoms with Crippen LogP contribution in [0.5, 0.6) is 5.75 Å². The topological polar surface area (TPSA) is 59.8 Å². The number of halogens is 1. The zero-order chi connectivity index (χ0) is 23.8. The predicted molar refractivity (Wildman–Crippen MR) is 127 cm³/mol. The average molecular weight is 455 g/mol. The molecule has 1 amide bonds. The number of carbonyl (C=O) groups excluding carboxylic acids is 1. The van der Waals surface area contributed by atoms with Gasteiger partial charge in [0, 0.05) is 38.1 Å². The van der Waals surface area contributed by atoms with Gasteiger partial charge in [-0.3, -0.25) is 0 Å². The zero-order valence-corrected chi connectivity index (χ0v) is 19.9. The molecule has 1 fully saturated rings. The van der Waals surface area contributed by atoms with Crippen molar-refractivity contribution in [3.63, 3.8) is 0 Å². The van der Waals surface area contributed by atoms with E-state index in [0.29, 0.717) is 44.0 Å². The molecule has 0 radical (unpaired) electrons. The van der Waals surface area contributed by atoms with Gasteiger partial charge in [-0.05, 0) is 57.5 Å². The molecule has 0 aliphatic carbocycles. The summed E-state index contributed by atoms with van der Waals surface area (Å²) in [6.45, 7) is 10.9. The predicted octanol–water partition coefficient (Wildman–Crippen LogP) is 4.93. The number of methoxy groups -OCH3 is 1. The van der Waals surface area contributed by atoms with E-state index >= 15 is 0 Å². The summed E-state index contributed by atoms with van der Waals surface area (Å²) >= 11 is 0. The minimum absolute atomic E-state index is 0.278. The normalized spacial score (nSPS) is 14.6. The molecular formula is C25H31FN4O3. The number of anilines is 1. The Bertz CT molecular complexity index is 1160. The molecule has 1 saturated heterocycles. The molecule has 3 aromatic rings. The molecule has 0 saturated carbocycles. The fourth-order valence-corrected chi connectivity index (χ4v) is 4.21. The number of aryl methyl sites for hydroxylation is 1. The van der Waals surface area contributed by atoms with Gasteiger partial charge in [0.2, 0.25) is 0 Å². The van der Waals surface area contributed by atoms with Crippen LogP contribution in [0.25, 0.3) is 22.0 Å². The number of nitrogens with zero attached hydrogens (tertiary/aromatic N) is 4. The van der Waals surface area contributed by atoms with E-state index in [1.165, 1.54) is 13.2 Å². The van der Waals surface area contributed by atoms with Crippen molar-refractivity contribution in [2.24, 2.45) is 0 Å². The number of hydrogen-bond acceptors (Lipinski definition) is 5. The van der Waals surface area contributed by atoms with Gasteiger partial charge in [0.05, 0.1) is 18.2 Å². The number of hydrogen-bond donors (Lipinski definition) is 0. The van der Waals surface area contributed by atoms with Crippen LogP contribution in [0.3, 0.4) is 0 Å². The Balaban J connectivity index is 1.62. The van der Waals surface area contributed by atoms with Crippen LogP contribution >= 0.6 is 0 Å². The van der Waals surface area contributed by atoms with Gasteiger partial charge in [0.25, 0.3) is 0 Å². The molecule has 33 heavy (non-hydrogen) atoms. The lowest BCUT2D eigenvalue weighted by atomic mass is 10.0. The molecule has 1 aromatic heterocycles. The molecule has 1 aliphatic heterocycles. The molecule has 0 spiro atoms. The Morgan fingerprint density at radius 3 is 2.48 bits per heavy atom. The molecule has 1 aliphatic rings. The minimum atomic E-state index is -0.510. The van der Waals surface area contributed by atoms with Gasteiger partial charge in [-0.15, -0.1) is 0 Å². The van der Waals surface area contributed by atoms with Crippen molar-refractivity contribution in [1.82, 2.24) is 14.7 Å². The van der Waals surface area contributed by atoms with Crippen LogP contribution in [-0.4, -0.2) is 59.7 Å².